The van der Waals surface area contributed by atoms with Crippen molar-refractivity contribution in [1.82, 2.24) is 19.7 Å². The van der Waals surface area contributed by atoms with Crippen molar-refractivity contribution in [2.75, 3.05) is 4.90 Å². The van der Waals surface area contributed by atoms with Crippen LogP contribution in [-0.2, 0) is 4.79 Å². The van der Waals surface area contributed by atoms with Gasteiger partial charge in [-0.15, -0.1) is 0 Å². The van der Waals surface area contributed by atoms with Gasteiger partial charge in [-0.2, -0.15) is 5.10 Å². The summed E-state index contributed by atoms with van der Waals surface area (Å²) >= 11 is 0. The smallest absolute Gasteiger partial charge is 0.286 e. The lowest BCUT2D eigenvalue weighted by Crippen LogP contribution is -2.29. The molecule has 5 aromatic rings. The van der Waals surface area contributed by atoms with E-state index in [1.807, 2.05) is 55.5 Å². The van der Waals surface area contributed by atoms with Crippen LogP contribution in [0.3, 0.4) is 0 Å². The molecule has 2 amide bonds. The molecule has 6 rings (SSSR count). The molecule has 3 unspecified atom stereocenters. The lowest BCUT2D eigenvalue weighted by atomic mass is 9.85. The van der Waals surface area contributed by atoms with Crippen molar-refractivity contribution in [2.24, 2.45) is 11.7 Å². The number of nitrogens with zero attached hydrogens (tertiary/aromatic N) is 5. The van der Waals surface area contributed by atoms with E-state index in [4.69, 9.17) is 5.73 Å². The minimum Gasteiger partial charge on any atom is -0.363 e. The summed E-state index contributed by atoms with van der Waals surface area (Å²) in [5.41, 5.74) is 9.24. The summed E-state index contributed by atoms with van der Waals surface area (Å²) in [5, 5.41) is 5.33. The number of amides is 2. The highest BCUT2D eigenvalue weighted by Crippen LogP contribution is 2.49. The van der Waals surface area contributed by atoms with E-state index in [1.165, 1.54) is 18.3 Å². The molecule has 0 aliphatic carbocycles. The predicted molar refractivity (Wildman–Crippen MR) is 140 cm³/mol. The van der Waals surface area contributed by atoms with Crippen molar-refractivity contribution < 1.29 is 14.0 Å². The van der Waals surface area contributed by atoms with E-state index in [2.05, 4.69) is 15.1 Å². The molecule has 3 atom stereocenters. The Kier molecular flexibility index (Phi) is 5.68. The van der Waals surface area contributed by atoms with Crippen LogP contribution in [-0.4, -0.2) is 31.6 Å². The van der Waals surface area contributed by atoms with Crippen LogP contribution < -0.4 is 10.6 Å². The number of rotatable bonds is 5. The third kappa shape index (κ3) is 3.88. The molecule has 38 heavy (non-hydrogen) atoms. The Morgan fingerprint density at radius 1 is 0.974 bits per heavy atom. The number of fused-ring (bicyclic) bond motifs is 1. The molecule has 2 N–H and O–H groups in total. The molecule has 1 saturated heterocycles. The molecule has 3 aromatic carbocycles. The zero-order valence-electron chi connectivity index (χ0n) is 20.4. The van der Waals surface area contributed by atoms with Gasteiger partial charge in [0.15, 0.2) is 0 Å². The van der Waals surface area contributed by atoms with Crippen molar-refractivity contribution in [3.05, 3.63) is 114 Å². The first-order valence-corrected chi connectivity index (χ1v) is 12.2. The van der Waals surface area contributed by atoms with Gasteiger partial charge in [-0.1, -0.05) is 37.3 Å². The Labute approximate surface area is 217 Å². The second kappa shape index (κ2) is 9.19. The summed E-state index contributed by atoms with van der Waals surface area (Å²) in [7, 11) is 0. The fraction of sp³-hybridized carbons (Fsp3) is 0.138. The first-order chi connectivity index (χ1) is 18.4. The molecule has 0 bridgehead atoms. The lowest BCUT2D eigenvalue weighted by Gasteiger charge is -2.29. The summed E-state index contributed by atoms with van der Waals surface area (Å²) in [6, 6.07) is 23.0. The summed E-state index contributed by atoms with van der Waals surface area (Å²) in [6.45, 7) is 1.88. The van der Waals surface area contributed by atoms with Crippen LogP contribution in [0.1, 0.15) is 40.8 Å². The number of benzene rings is 3. The van der Waals surface area contributed by atoms with Crippen molar-refractivity contribution in [2.45, 2.75) is 18.9 Å². The van der Waals surface area contributed by atoms with Gasteiger partial charge in [0, 0.05) is 29.1 Å². The fourth-order valence-electron chi connectivity index (χ4n) is 5.29. The van der Waals surface area contributed by atoms with Crippen LogP contribution in [0.5, 0.6) is 0 Å². The number of hydrogen-bond acceptors (Lipinski definition) is 5. The van der Waals surface area contributed by atoms with Crippen molar-refractivity contribution in [3.8, 4) is 5.69 Å². The van der Waals surface area contributed by atoms with Crippen LogP contribution in [0.25, 0.3) is 16.6 Å². The Balaban J connectivity index is 1.46. The molecular weight excluding hydrogens is 483 g/mol. The van der Waals surface area contributed by atoms with Crippen LogP contribution in [0.15, 0.2) is 91.3 Å². The first kappa shape index (κ1) is 23.5. The van der Waals surface area contributed by atoms with Crippen LogP contribution in [0.4, 0.5) is 10.1 Å². The number of primary amides is 1. The van der Waals surface area contributed by atoms with E-state index in [0.29, 0.717) is 11.4 Å². The Morgan fingerprint density at radius 2 is 1.71 bits per heavy atom. The van der Waals surface area contributed by atoms with Gasteiger partial charge in [-0.25, -0.2) is 19.0 Å². The van der Waals surface area contributed by atoms with E-state index in [-0.39, 0.29) is 29.5 Å². The third-order valence-electron chi connectivity index (χ3n) is 7.07. The lowest BCUT2D eigenvalue weighted by molar-refractivity contribution is -0.120. The molecule has 188 valence electrons. The minimum absolute atomic E-state index is 0.0617. The van der Waals surface area contributed by atoms with Crippen LogP contribution in [0.2, 0.25) is 0 Å². The number of halogens is 1. The summed E-state index contributed by atoms with van der Waals surface area (Å²) in [5.74, 6) is -1.95. The first-order valence-electron chi connectivity index (χ1n) is 12.2. The maximum Gasteiger partial charge on any atom is 0.286 e. The molecule has 0 spiro atoms. The van der Waals surface area contributed by atoms with E-state index >= 15 is 0 Å². The number of carbonyl (C=O) groups excluding carboxylic acids is 2. The number of nitrogens with two attached hydrogens (primary N) is 1. The second-order valence-electron chi connectivity index (χ2n) is 9.32. The van der Waals surface area contributed by atoms with Crippen LogP contribution in [0, 0.1) is 11.7 Å². The fourth-order valence-corrected chi connectivity index (χ4v) is 5.29. The van der Waals surface area contributed by atoms with Crippen LogP contribution >= 0.6 is 0 Å². The number of carbonyl (C=O) groups is 2. The van der Waals surface area contributed by atoms with Gasteiger partial charge < -0.3 is 10.6 Å². The maximum atomic E-state index is 13.8. The van der Waals surface area contributed by atoms with Gasteiger partial charge in [-0.3, -0.25) is 9.59 Å². The molecule has 1 fully saturated rings. The van der Waals surface area contributed by atoms with Gasteiger partial charge in [0.1, 0.15) is 5.82 Å². The molecule has 8 nitrogen and oxygen atoms in total. The normalized spacial score (nSPS) is 19.3. The van der Waals surface area contributed by atoms with Gasteiger partial charge in [0.2, 0.25) is 11.7 Å². The number of aromatic nitrogens is 4. The summed E-state index contributed by atoms with van der Waals surface area (Å²) < 4.78 is 15.2. The molecular formula is C29H23FN6O2. The average Bonchev–Trinajstić information content (AvgIpc) is 3.47. The van der Waals surface area contributed by atoms with E-state index in [1.54, 1.807) is 34.0 Å². The highest BCUT2D eigenvalue weighted by Gasteiger charge is 2.48. The molecule has 0 saturated carbocycles. The summed E-state index contributed by atoms with van der Waals surface area (Å²) in [4.78, 5) is 35.8. The van der Waals surface area contributed by atoms with Gasteiger partial charge in [0.25, 0.3) is 5.91 Å². The molecule has 0 radical (unpaired) electrons. The minimum atomic E-state index is -0.722. The van der Waals surface area contributed by atoms with Crippen molar-refractivity contribution >= 4 is 28.4 Å². The van der Waals surface area contributed by atoms with Gasteiger partial charge in [-0.05, 0) is 54.1 Å². The average molecular weight is 507 g/mol. The monoisotopic (exact) mass is 506 g/mol. The van der Waals surface area contributed by atoms with E-state index in [0.717, 1.165) is 22.2 Å². The Bertz CT molecular complexity index is 1670. The van der Waals surface area contributed by atoms with E-state index < -0.39 is 11.8 Å². The highest BCUT2D eigenvalue weighted by atomic mass is 19.1. The quantitative estimate of drug-likeness (QED) is 0.376. The molecule has 2 aromatic heterocycles. The zero-order valence-corrected chi connectivity index (χ0v) is 20.4. The van der Waals surface area contributed by atoms with Gasteiger partial charge >= 0.3 is 0 Å². The number of anilines is 1. The van der Waals surface area contributed by atoms with Crippen molar-refractivity contribution in [3.63, 3.8) is 0 Å². The molecule has 3 heterocycles. The second-order valence-corrected chi connectivity index (χ2v) is 9.32. The SMILES string of the molecule is CC1C(=O)N(c2ccc3c(cnn3-c3ccc(F)cc3)c2)C(c2ccccc2)C1c1ccnc(C(N)=O)n1. The topological polar surface area (TPSA) is 107 Å². The molecule has 9 heteroatoms. The largest absolute Gasteiger partial charge is 0.363 e. The maximum absolute atomic E-state index is 13.8. The van der Waals surface area contributed by atoms with Crippen molar-refractivity contribution in [1.29, 1.82) is 0 Å². The third-order valence-corrected chi connectivity index (χ3v) is 7.07. The summed E-state index contributed by atoms with van der Waals surface area (Å²) in [6.07, 6.45) is 3.23. The standard InChI is InChI=1S/C29H23FN6O2/c1-17-25(23-13-14-32-28(34-23)27(31)37)26(18-5-3-2-4-6-18)35(29(17)38)22-11-12-24-19(15-22)16-33-36(24)21-9-7-20(30)8-10-21/h2-17,25-26H,1H3,(H2,31,37). The highest BCUT2D eigenvalue weighted by molar-refractivity contribution is 6.01. The molecule has 1 aliphatic heterocycles. The van der Waals surface area contributed by atoms with E-state index in [9.17, 15) is 14.0 Å². The Hall–Kier alpha value is -4.92. The predicted octanol–water partition coefficient (Wildman–Crippen LogP) is 4.56. The Morgan fingerprint density at radius 3 is 2.45 bits per heavy atom. The number of hydrogen-bond donors (Lipinski definition) is 1. The zero-order chi connectivity index (χ0) is 26.4. The van der Waals surface area contributed by atoms with Gasteiger partial charge in [0.05, 0.1) is 29.1 Å². The molecule has 1 aliphatic rings.